The summed E-state index contributed by atoms with van der Waals surface area (Å²) in [6.07, 6.45) is 9.86. The maximum absolute atomic E-state index is 5.51. The van der Waals surface area contributed by atoms with Crippen LogP contribution in [0, 0.1) is 0 Å². The van der Waals surface area contributed by atoms with E-state index in [1.807, 2.05) is 13.8 Å². The van der Waals surface area contributed by atoms with Gasteiger partial charge in [0.15, 0.2) is 6.29 Å². The van der Waals surface area contributed by atoms with Gasteiger partial charge in [-0.3, -0.25) is 0 Å². The lowest BCUT2D eigenvalue weighted by Crippen LogP contribution is -2.25. The van der Waals surface area contributed by atoms with E-state index < -0.39 is 0 Å². The predicted octanol–water partition coefficient (Wildman–Crippen LogP) is 3.26. The van der Waals surface area contributed by atoms with Crippen LogP contribution in [0.25, 0.3) is 0 Å². The van der Waals surface area contributed by atoms with Gasteiger partial charge >= 0.3 is 0 Å². The minimum atomic E-state index is -0.0404. The van der Waals surface area contributed by atoms with E-state index in [9.17, 15) is 0 Å². The first-order valence-electron chi connectivity index (χ1n) is 7.48. The van der Waals surface area contributed by atoms with Crippen LogP contribution in [0.3, 0.4) is 0 Å². The van der Waals surface area contributed by atoms with E-state index in [1.54, 1.807) is 5.57 Å². The van der Waals surface area contributed by atoms with Crippen LogP contribution in [-0.2, 0) is 9.47 Å². The summed E-state index contributed by atoms with van der Waals surface area (Å²) in [6, 6.07) is 0. The Labute approximate surface area is 112 Å². The quantitative estimate of drug-likeness (QED) is 0.369. The molecule has 106 valence electrons. The number of allylic oxidation sites excluding steroid dienone is 1. The molecular formula is C15H29NO2. The summed E-state index contributed by atoms with van der Waals surface area (Å²) in [5.74, 6) is 0. The highest BCUT2D eigenvalue weighted by molar-refractivity contribution is 5.05. The molecular weight excluding hydrogens is 226 g/mol. The van der Waals surface area contributed by atoms with Crippen LogP contribution in [0.1, 0.15) is 52.4 Å². The molecule has 0 bridgehead atoms. The van der Waals surface area contributed by atoms with Crippen molar-refractivity contribution in [1.29, 1.82) is 0 Å². The number of ether oxygens (including phenoxy) is 2. The zero-order valence-electron chi connectivity index (χ0n) is 12.0. The average Bonchev–Trinajstić information content (AvgIpc) is 2.40. The number of hydrogen-bond donors (Lipinski definition) is 1. The molecule has 1 aliphatic carbocycles. The predicted molar refractivity (Wildman–Crippen MR) is 75.7 cm³/mol. The van der Waals surface area contributed by atoms with Crippen molar-refractivity contribution in [2.75, 3.05) is 26.3 Å². The van der Waals surface area contributed by atoms with Crippen LogP contribution in [0.4, 0.5) is 0 Å². The SMILES string of the molecule is CCOC(CCNCCC1=CCCCC1)OCC. The molecule has 0 aromatic heterocycles. The molecule has 1 N–H and O–H groups in total. The summed E-state index contributed by atoms with van der Waals surface area (Å²) in [4.78, 5) is 0. The third-order valence-electron chi connectivity index (χ3n) is 3.27. The summed E-state index contributed by atoms with van der Waals surface area (Å²) < 4.78 is 11.0. The maximum atomic E-state index is 5.51. The maximum Gasteiger partial charge on any atom is 0.158 e. The topological polar surface area (TPSA) is 30.5 Å². The summed E-state index contributed by atoms with van der Waals surface area (Å²) in [5.41, 5.74) is 1.64. The molecule has 3 nitrogen and oxygen atoms in total. The lowest BCUT2D eigenvalue weighted by Gasteiger charge is -2.17. The fourth-order valence-electron chi connectivity index (χ4n) is 2.31. The summed E-state index contributed by atoms with van der Waals surface area (Å²) in [5, 5.41) is 3.48. The molecule has 0 heterocycles. The van der Waals surface area contributed by atoms with Crippen molar-refractivity contribution >= 4 is 0 Å². The van der Waals surface area contributed by atoms with E-state index >= 15 is 0 Å². The molecule has 0 unspecified atom stereocenters. The molecule has 0 radical (unpaired) electrons. The Morgan fingerprint density at radius 3 is 2.56 bits per heavy atom. The summed E-state index contributed by atoms with van der Waals surface area (Å²) >= 11 is 0. The van der Waals surface area contributed by atoms with E-state index in [0.29, 0.717) is 0 Å². The molecule has 0 saturated heterocycles. The lowest BCUT2D eigenvalue weighted by atomic mass is 9.97. The number of nitrogens with one attached hydrogen (secondary N) is 1. The average molecular weight is 255 g/mol. The van der Waals surface area contributed by atoms with Crippen LogP contribution in [-0.4, -0.2) is 32.6 Å². The molecule has 0 aromatic carbocycles. The van der Waals surface area contributed by atoms with Gasteiger partial charge in [0.05, 0.1) is 0 Å². The van der Waals surface area contributed by atoms with E-state index in [4.69, 9.17) is 9.47 Å². The standard InChI is InChI=1S/C15H29NO2/c1-3-17-15(18-4-2)11-13-16-12-10-14-8-6-5-7-9-14/h8,15-16H,3-7,9-13H2,1-2H3. The van der Waals surface area contributed by atoms with Gasteiger partial charge < -0.3 is 14.8 Å². The molecule has 1 aliphatic rings. The van der Waals surface area contributed by atoms with Crippen LogP contribution in [0.15, 0.2) is 11.6 Å². The van der Waals surface area contributed by atoms with E-state index in [2.05, 4.69) is 11.4 Å². The third-order valence-corrected chi connectivity index (χ3v) is 3.27. The van der Waals surface area contributed by atoms with E-state index in [-0.39, 0.29) is 6.29 Å². The Kier molecular flexibility index (Phi) is 9.17. The second kappa shape index (κ2) is 10.5. The largest absolute Gasteiger partial charge is 0.353 e. The Hall–Kier alpha value is -0.380. The van der Waals surface area contributed by atoms with Gasteiger partial charge in [0.25, 0.3) is 0 Å². The molecule has 0 atom stereocenters. The van der Waals surface area contributed by atoms with Gasteiger partial charge in [0.2, 0.25) is 0 Å². The van der Waals surface area contributed by atoms with Gasteiger partial charge in [-0.1, -0.05) is 11.6 Å². The van der Waals surface area contributed by atoms with Crippen molar-refractivity contribution in [3.05, 3.63) is 11.6 Å². The molecule has 3 heteroatoms. The highest BCUT2D eigenvalue weighted by Gasteiger charge is 2.07. The molecule has 0 fully saturated rings. The van der Waals surface area contributed by atoms with Crippen molar-refractivity contribution in [3.63, 3.8) is 0 Å². The minimum Gasteiger partial charge on any atom is -0.353 e. The zero-order chi connectivity index (χ0) is 13.1. The molecule has 0 spiro atoms. The van der Waals surface area contributed by atoms with Crippen molar-refractivity contribution in [3.8, 4) is 0 Å². The monoisotopic (exact) mass is 255 g/mol. The first-order chi connectivity index (χ1) is 8.86. The second-order valence-electron chi connectivity index (χ2n) is 4.74. The Morgan fingerprint density at radius 2 is 1.94 bits per heavy atom. The van der Waals surface area contributed by atoms with Crippen molar-refractivity contribution < 1.29 is 9.47 Å². The fraction of sp³-hybridized carbons (Fsp3) is 0.867. The van der Waals surface area contributed by atoms with Crippen LogP contribution in [0.5, 0.6) is 0 Å². The molecule has 0 saturated carbocycles. The van der Waals surface area contributed by atoms with Crippen molar-refractivity contribution in [1.82, 2.24) is 5.32 Å². The first kappa shape index (κ1) is 15.7. The molecule has 0 amide bonds. The molecule has 1 rings (SSSR count). The van der Waals surface area contributed by atoms with E-state index in [0.717, 1.165) is 32.7 Å². The Balaban J connectivity index is 2.00. The highest BCUT2D eigenvalue weighted by Crippen LogP contribution is 2.19. The van der Waals surface area contributed by atoms with Crippen LogP contribution in [0.2, 0.25) is 0 Å². The van der Waals surface area contributed by atoms with Crippen LogP contribution >= 0.6 is 0 Å². The van der Waals surface area contributed by atoms with E-state index in [1.165, 1.54) is 32.1 Å². The number of hydrogen-bond acceptors (Lipinski definition) is 3. The Bertz CT molecular complexity index is 223. The lowest BCUT2D eigenvalue weighted by molar-refractivity contribution is -0.138. The summed E-state index contributed by atoms with van der Waals surface area (Å²) in [6.45, 7) is 7.51. The smallest absolute Gasteiger partial charge is 0.158 e. The van der Waals surface area contributed by atoms with Gasteiger partial charge in [0.1, 0.15) is 0 Å². The van der Waals surface area contributed by atoms with Crippen LogP contribution < -0.4 is 5.32 Å². The van der Waals surface area contributed by atoms with Gasteiger partial charge in [0, 0.05) is 19.6 Å². The zero-order valence-corrected chi connectivity index (χ0v) is 12.0. The van der Waals surface area contributed by atoms with Gasteiger partial charge in [-0.25, -0.2) is 0 Å². The number of rotatable bonds is 10. The van der Waals surface area contributed by atoms with Crippen molar-refractivity contribution in [2.45, 2.75) is 58.7 Å². The second-order valence-corrected chi connectivity index (χ2v) is 4.74. The van der Waals surface area contributed by atoms with Gasteiger partial charge in [-0.05, 0) is 59.0 Å². The minimum absolute atomic E-state index is 0.0404. The summed E-state index contributed by atoms with van der Waals surface area (Å²) in [7, 11) is 0. The molecule has 0 aliphatic heterocycles. The first-order valence-corrected chi connectivity index (χ1v) is 7.48. The third kappa shape index (κ3) is 7.14. The highest BCUT2D eigenvalue weighted by atomic mass is 16.7. The fourth-order valence-corrected chi connectivity index (χ4v) is 2.31. The Morgan fingerprint density at radius 1 is 1.17 bits per heavy atom. The van der Waals surface area contributed by atoms with Gasteiger partial charge in [-0.2, -0.15) is 0 Å². The molecule has 18 heavy (non-hydrogen) atoms. The van der Waals surface area contributed by atoms with Gasteiger partial charge in [-0.15, -0.1) is 0 Å². The molecule has 0 aromatic rings. The van der Waals surface area contributed by atoms with Crippen molar-refractivity contribution in [2.24, 2.45) is 0 Å². The normalized spacial score (nSPS) is 16.1.